The van der Waals surface area contributed by atoms with Crippen molar-refractivity contribution in [2.75, 3.05) is 12.0 Å². The summed E-state index contributed by atoms with van der Waals surface area (Å²) in [7, 11) is 1.96. The zero-order valence-corrected chi connectivity index (χ0v) is 11.5. The van der Waals surface area contributed by atoms with Crippen LogP contribution in [0.4, 0.5) is 0 Å². The van der Waals surface area contributed by atoms with E-state index in [1.54, 1.807) is 0 Å². The lowest BCUT2D eigenvalue weighted by Crippen LogP contribution is -2.16. The Bertz CT molecular complexity index is 357. The molecule has 0 aliphatic heterocycles. The van der Waals surface area contributed by atoms with Crippen LogP contribution in [0.3, 0.4) is 0 Å². The second-order valence-corrected chi connectivity index (χ2v) is 5.81. The van der Waals surface area contributed by atoms with E-state index in [-0.39, 0.29) is 6.04 Å². The predicted octanol–water partition coefficient (Wildman–Crippen LogP) is 2.23. The summed E-state index contributed by atoms with van der Waals surface area (Å²) in [6.07, 6.45) is 8.19. The van der Waals surface area contributed by atoms with E-state index in [0.717, 1.165) is 23.8 Å². The number of aryl methyl sites for hydroxylation is 1. The highest BCUT2D eigenvalue weighted by atomic mass is 32.2. The van der Waals surface area contributed by atoms with Crippen molar-refractivity contribution < 1.29 is 0 Å². The first-order valence-electron chi connectivity index (χ1n) is 6.37. The topological polar surface area (TPSA) is 56.7 Å². The minimum atomic E-state index is 0.0232. The molecule has 1 aliphatic rings. The smallest absolute Gasteiger partial charge is 0.154 e. The minimum absolute atomic E-state index is 0.0232. The highest BCUT2D eigenvalue weighted by molar-refractivity contribution is 7.98. The van der Waals surface area contributed by atoms with Crippen molar-refractivity contribution in [1.29, 1.82) is 0 Å². The molecule has 0 aromatic carbocycles. The molecule has 1 atom stereocenters. The largest absolute Gasteiger partial charge is 0.321 e. The van der Waals surface area contributed by atoms with Gasteiger partial charge in [-0.15, -0.1) is 0 Å². The molecule has 0 saturated heterocycles. The fraction of sp³-hybridized carbons (Fsp3) is 0.833. The summed E-state index contributed by atoms with van der Waals surface area (Å²) < 4.78 is 1.87. The first-order valence-corrected chi connectivity index (χ1v) is 7.77. The van der Waals surface area contributed by atoms with Crippen LogP contribution in [0, 0.1) is 0 Å². The van der Waals surface area contributed by atoms with Crippen LogP contribution in [0.2, 0.25) is 0 Å². The molecule has 1 heterocycles. The third-order valence-electron chi connectivity index (χ3n) is 3.50. The van der Waals surface area contributed by atoms with Crippen LogP contribution in [0.15, 0.2) is 0 Å². The van der Waals surface area contributed by atoms with Gasteiger partial charge in [0.15, 0.2) is 5.82 Å². The van der Waals surface area contributed by atoms with Crippen molar-refractivity contribution in [2.24, 2.45) is 12.8 Å². The molecule has 5 heteroatoms. The van der Waals surface area contributed by atoms with Crippen LogP contribution in [0.25, 0.3) is 0 Å². The number of hydrogen-bond donors (Lipinski definition) is 1. The molecule has 1 fully saturated rings. The van der Waals surface area contributed by atoms with E-state index in [0.29, 0.717) is 5.92 Å². The Morgan fingerprint density at radius 2 is 2.18 bits per heavy atom. The van der Waals surface area contributed by atoms with E-state index in [4.69, 9.17) is 5.73 Å². The molecule has 96 valence electrons. The maximum atomic E-state index is 6.16. The number of nitrogens with zero attached hydrogens (tertiary/aromatic N) is 3. The van der Waals surface area contributed by atoms with Gasteiger partial charge in [-0.25, -0.2) is 4.98 Å². The number of thioether (sulfide) groups is 1. The van der Waals surface area contributed by atoms with Crippen molar-refractivity contribution in [2.45, 2.75) is 44.1 Å². The quantitative estimate of drug-likeness (QED) is 0.875. The van der Waals surface area contributed by atoms with Gasteiger partial charge in [0, 0.05) is 13.0 Å². The average Bonchev–Trinajstić information content (AvgIpc) is 2.94. The Balaban J connectivity index is 2.06. The minimum Gasteiger partial charge on any atom is -0.321 e. The average molecular weight is 254 g/mol. The molecule has 17 heavy (non-hydrogen) atoms. The van der Waals surface area contributed by atoms with Crippen LogP contribution in [-0.4, -0.2) is 26.8 Å². The van der Waals surface area contributed by atoms with Crippen LogP contribution in [0.1, 0.15) is 55.7 Å². The molecule has 1 aromatic heterocycles. The lowest BCUT2D eigenvalue weighted by Gasteiger charge is -2.08. The van der Waals surface area contributed by atoms with Gasteiger partial charge < -0.3 is 5.73 Å². The molecule has 1 unspecified atom stereocenters. The third kappa shape index (κ3) is 3.01. The Labute approximate surface area is 107 Å². The zero-order valence-electron chi connectivity index (χ0n) is 10.7. The van der Waals surface area contributed by atoms with E-state index in [9.17, 15) is 0 Å². The summed E-state index contributed by atoms with van der Waals surface area (Å²) in [6.45, 7) is 0. The molecule has 1 aromatic rings. The normalized spacial score (nSPS) is 18.8. The molecular weight excluding hydrogens is 232 g/mol. The van der Waals surface area contributed by atoms with Gasteiger partial charge in [0.2, 0.25) is 0 Å². The molecule has 4 nitrogen and oxygen atoms in total. The van der Waals surface area contributed by atoms with Crippen molar-refractivity contribution in [3.05, 3.63) is 11.6 Å². The van der Waals surface area contributed by atoms with Crippen molar-refractivity contribution in [3.8, 4) is 0 Å². The molecule has 0 bridgehead atoms. The van der Waals surface area contributed by atoms with Crippen molar-refractivity contribution in [3.63, 3.8) is 0 Å². The molecule has 1 saturated carbocycles. The Hall–Kier alpha value is -0.550. The lowest BCUT2D eigenvalue weighted by molar-refractivity contribution is 0.591. The SMILES string of the molecule is CSCCC(N)c1nc(C2CCCC2)nn1C. The zero-order chi connectivity index (χ0) is 12.3. The Kier molecular flexibility index (Phi) is 4.45. The van der Waals surface area contributed by atoms with Gasteiger partial charge in [0.25, 0.3) is 0 Å². The highest BCUT2D eigenvalue weighted by Gasteiger charge is 2.23. The summed E-state index contributed by atoms with van der Waals surface area (Å²) in [5.41, 5.74) is 6.16. The molecule has 2 N–H and O–H groups in total. The van der Waals surface area contributed by atoms with Crippen LogP contribution in [0.5, 0.6) is 0 Å². The molecule has 1 aliphatic carbocycles. The summed E-state index contributed by atoms with van der Waals surface area (Å²) in [4.78, 5) is 4.66. The number of nitrogens with two attached hydrogens (primary N) is 1. The van der Waals surface area contributed by atoms with Gasteiger partial charge in [0.05, 0.1) is 6.04 Å². The summed E-state index contributed by atoms with van der Waals surface area (Å²) in [5.74, 6) is 3.61. The molecular formula is C12H22N4S. The summed E-state index contributed by atoms with van der Waals surface area (Å²) >= 11 is 1.83. The van der Waals surface area contributed by atoms with Gasteiger partial charge in [-0.2, -0.15) is 16.9 Å². The second-order valence-electron chi connectivity index (χ2n) is 4.82. The molecule has 0 spiro atoms. The number of hydrogen-bond acceptors (Lipinski definition) is 4. The second kappa shape index (κ2) is 5.87. The number of aromatic nitrogens is 3. The van der Waals surface area contributed by atoms with Crippen LogP contribution in [-0.2, 0) is 7.05 Å². The first-order chi connectivity index (χ1) is 8.22. The van der Waals surface area contributed by atoms with E-state index in [1.807, 2.05) is 23.5 Å². The van der Waals surface area contributed by atoms with Crippen LogP contribution >= 0.6 is 11.8 Å². The monoisotopic (exact) mass is 254 g/mol. The van der Waals surface area contributed by atoms with Gasteiger partial charge >= 0.3 is 0 Å². The predicted molar refractivity (Wildman–Crippen MR) is 72.1 cm³/mol. The van der Waals surface area contributed by atoms with E-state index < -0.39 is 0 Å². The third-order valence-corrected chi connectivity index (χ3v) is 4.14. The van der Waals surface area contributed by atoms with Gasteiger partial charge in [0.1, 0.15) is 5.82 Å². The summed E-state index contributed by atoms with van der Waals surface area (Å²) in [5, 5.41) is 4.54. The standard InChI is InChI=1S/C12H22N4S/c1-16-12(10(13)7-8-17-2)14-11(15-16)9-5-3-4-6-9/h9-10H,3-8,13H2,1-2H3. The summed E-state index contributed by atoms with van der Waals surface area (Å²) in [6, 6.07) is 0.0232. The maximum absolute atomic E-state index is 6.16. The number of rotatable bonds is 5. The van der Waals surface area contributed by atoms with Gasteiger partial charge in [-0.05, 0) is 31.3 Å². The van der Waals surface area contributed by atoms with E-state index in [2.05, 4.69) is 16.3 Å². The Morgan fingerprint density at radius 1 is 1.47 bits per heavy atom. The maximum Gasteiger partial charge on any atom is 0.154 e. The van der Waals surface area contributed by atoms with Crippen LogP contribution < -0.4 is 5.73 Å². The first kappa shape index (κ1) is 12.9. The van der Waals surface area contributed by atoms with Crippen molar-refractivity contribution in [1.82, 2.24) is 14.8 Å². The molecule has 0 amide bonds. The fourth-order valence-corrected chi connectivity index (χ4v) is 2.96. The molecule has 2 rings (SSSR count). The van der Waals surface area contributed by atoms with Crippen molar-refractivity contribution >= 4 is 11.8 Å². The fourth-order valence-electron chi connectivity index (χ4n) is 2.47. The van der Waals surface area contributed by atoms with E-state index >= 15 is 0 Å². The van der Waals surface area contributed by atoms with Gasteiger partial charge in [-0.3, -0.25) is 4.68 Å². The van der Waals surface area contributed by atoms with Gasteiger partial charge in [-0.1, -0.05) is 12.8 Å². The molecule has 0 radical (unpaired) electrons. The highest BCUT2D eigenvalue weighted by Crippen LogP contribution is 2.32. The van der Waals surface area contributed by atoms with E-state index in [1.165, 1.54) is 25.7 Å². The lowest BCUT2D eigenvalue weighted by atomic mass is 10.1. The Morgan fingerprint density at radius 3 is 2.82 bits per heavy atom.